The van der Waals surface area contributed by atoms with Crippen LogP contribution in [-0.2, 0) is 17.8 Å². The number of carboxylic acid groups (broad SMARTS) is 1. The number of nitrogens with zero attached hydrogens (tertiary/aromatic N) is 6. The average molecular weight is 739 g/mol. The number of nitrogens with one attached hydrogen (secondary N) is 1. The summed E-state index contributed by atoms with van der Waals surface area (Å²) in [5.74, 6) is 5.42. The van der Waals surface area contributed by atoms with Crippen molar-refractivity contribution in [1.82, 2.24) is 24.7 Å². The molecule has 12 nitrogen and oxygen atoms in total. The van der Waals surface area contributed by atoms with Crippen LogP contribution in [0, 0.1) is 23.7 Å². The average Bonchev–Trinajstić information content (AvgIpc) is 3.72. The first kappa shape index (κ1) is 35.3. The van der Waals surface area contributed by atoms with Gasteiger partial charge in [0.2, 0.25) is 0 Å². The van der Waals surface area contributed by atoms with Crippen molar-refractivity contribution >= 4 is 44.5 Å². The van der Waals surface area contributed by atoms with Crippen molar-refractivity contribution in [2.45, 2.75) is 77.4 Å². The molecule has 0 saturated heterocycles. The molecule has 10 rings (SSSR count). The first-order valence-corrected chi connectivity index (χ1v) is 18.8. The van der Waals surface area contributed by atoms with Gasteiger partial charge in [-0.3, -0.25) is 24.1 Å². The fourth-order valence-corrected chi connectivity index (χ4v) is 11.3. The van der Waals surface area contributed by atoms with Gasteiger partial charge in [0, 0.05) is 47.4 Å². The number of carbonyl (C=O) groups excluding carboxylic acids is 1. The van der Waals surface area contributed by atoms with Gasteiger partial charge in [-0.15, -0.1) is 0 Å². The third-order valence-electron chi connectivity index (χ3n) is 11.8. The molecule has 4 unspecified atom stereocenters. The highest BCUT2D eigenvalue weighted by molar-refractivity contribution is 7.22. The Kier molecular flexibility index (Phi) is 8.82. The molecule has 4 saturated carbocycles. The van der Waals surface area contributed by atoms with Crippen LogP contribution in [0.2, 0.25) is 0 Å². The Morgan fingerprint density at radius 1 is 1.09 bits per heavy atom. The second kappa shape index (κ2) is 13.3. The lowest BCUT2D eigenvalue weighted by Gasteiger charge is -2.65. The number of fused-ring (bicyclic) bond motifs is 2. The van der Waals surface area contributed by atoms with Crippen molar-refractivity contribution in [2.75, 3.05) is 23.9 Å². The summed E-state index contributed by atoms with van der Waals surface area (Å²) in [6.45, 7) is 5.68. The van der Waals surface area contributed by atoms with Crippen LogP contribution >= 0.6 is 11.3 Å². The van der Waals surface area contributed by atoms with Gasteiger partial charge >= 0.3 is 12.0 Å². The highest BCUT2D eigenvalue weighted by Crippen LogP contribution is 2.67. The number of amides is 2. The Bertz CT molecular complexity index is 2210. The van der Waals surface area contributed by atoms with Crippen molar-refractivity contribution in [3.63, 3.8) is 0 Å². The van der Waals surface area contributed by atoms with Gasteiger partial charge in [-0.2, -0.15) is 10.1 Å². The Morgan fingerprint density at radius 3 is 2.72 bits per heavy atom. The highest BCUT2D eigenvalue weighted by Gasteiger charge is 2.62. The van der Waals surface area contributed by atoms with Crippen LogP contribution in [0.4, 0.5) is 20.0 Å². The number of pyridine rings is 2. The van der Waals surface area contributed by atoms with Gasteiger partial charge in [0.1, 0.15) is 0 Å². The Labute approximate surface area is 310 Å². The molecule has 4 atom stereocenters. The number of rotatable bonds is 7. The predicted molar refractivity (Wildman–Crippen MR) is 201 cm³/mol. The van der Waals surface area contributed by atoms with Crippen molar-refractivity contribution < 1.29 is 23.9 Å². The molecule has 2 amide bonds. The number of carbonyl (C=O) groups is 2. The van der Waals surface area contributed by atoms with E-state index in [1.54, 1.807) is 17.3 Å². The molecule has 4 bridgehead atoms. The number of nitrogens with two attached hydrogens (primary N) is 1. The second-order valence-corrected chi connectivity index (χ2v) is 16.7. The standard InChI is InChI=1S/C38H40N8O4S.CH3F/c1-22-27(17-41-46(22)21-37-15-23-14-36(2,18-37)19-38(16-23,20-37)50-39)26-9-10-28(42-31(26)33(47)48)25-8-7-24-5-4-12-45(29(24)13-25)35(49)44-34-43-32-30(51-34)6-3-11-40-32;1-2/h3,6-11,13,17,23H,4-5,12,14-16,18-21,39H2,1-2H3,(H,47,48)(H,40,43,44,49);1H3. The van der Waals surface area contributed by atoms with Gasteiger partial charge in [-0.25, -0.2) is 25.5 Å². The first-order valence-electron chi connectivity index (χ1n) is 18.0. The lowest BCUT2D eigenvalue weighted by atomic mass is 9.43. The monoisotopic (exact) mass is 738 g/mol. The summed E-state index contributed by atoms with van der Waals surface area (Å²) in [6, 6.07) is 13.0. The van der Waals surface area contributed by atoms with Crippen LogP contribution in [0.25, 0.3) is 32.7 Å². The zero-order valence-electron chi connectivity index (χ0n) is 30.1. The van der Waals surface area contributed by atoms with Crippen LogP contribution in [0.15, 0.2) is 54.9 Å². The number of hydrogen-bond acceptors (Lipinski definition) is 9. The van der Waals surface area contributed by atoms with Gasteiger partial charge in [0.05, 0.1) is 29.4 Å². The van der Waals surface area contributed by atoms with E-state index in [-0.39, 0.29) is 28.2 Å². The van der Waals surface area contributed by atoms with Crippen molar-refractivity contribution in [1.29, 1.82) is 0 Å². The van der Waals surface area contributed by atoms with E-state index in [2.05, 4.69) is 27.2 Å². The number of aromatic carboxylic acids is 1. The molecule has 5 heterocycles. The van der Waals surface area contributed by atoms with E-state index in [1.807, 2.05) is 54.1 Å². The summed E-state index contributed by atoms with van der Waals surface area (Å²) in [4.78, 5) is 47.1. The minimum Gasteiger partial charge on any atom is -0.476 e. The Morgan fingerprint density at radius 2 is 1.94 bits per heavy atom. The predicted octanol–water partition coefficient (Wildman–Crippen LogP) is 7.81. The topological polar surface area (TPSA) is 161 Å². The van der Waals surface area contributed by atoms with Crippen LogP contribution in [0.5, 0.6) is 0 Å². The van der Waals surface area contributed by atoms with Crippen LogP contribution < -0.4 is 16.1 Å². The molecule has 4 N–H and O–H groups in total. The summed E-state index contributed by atoms with van der Waals surface area (Å²) in [5, 5.41) is 18.6. The molecule has 5 aliphatic rings. The molecule has 276 valence electrons. The van der Waals surface area contributed by atoms with E-state index in [1.165, 1.54) is 17.8 Å². The number of alkyl halides is 1. The van der Waals surface area contributed by atoms with E-state index in [9.17, 15) is 19.1 Å². The van der Waals surface area contributed by atoms with Gasteiger partial charge in [-0.1, -0.05) is 30.4 Å². The van der Waals surface area contributed by atoms with E-state index in [0.29, 0.717) is 41.7 Å². The maximum absolute atomic E-state index is 13.5. The Balaban J connectivity index is 0.00000197. The number of thiazole rings is 1. The Hall–Kier alpha value is -4.79. The van der Waals surface area contributed by atoms with Crippen molar-refractivity contribution in [3.8, 4) is 22.4 Å². The number of hydrogen-bond donors (Lipinski definition) is 3. The maximum atomic E-state index is 13.5. The fraction of sp³-hybridized carbons (Fsp3) is 0.436. The SMILES string of the molecule is CF.Cc1c(-c2ccc(-c3ccc4c(c3)N(C(=O)Nc3nc5ncccc5s3)CCC4)nc2C(=O)O)cnn1CC12CC3CC(C)(C1)CC(ON)(C3)C2. The third kappa shape index (κ3) is 6.25. The summed E-state index contributed by atoms with van der Waals surface area (Å²) in [7, 11) is 0.500. The number of benzene rings is 1. The van der Waals surface area contributed by atoms with E-state index in [0.717, 1.165) is 84.3 Å². The zero-order chi connectivity index (χ0) is 37.1. The minimum atomic E-state index is -1.11. The molecule has 4 aromatic heterocycles. The molecule has 0 spiro atoms. The molecule has 4 fully saturated rings. The van der Waals surface area contributed by atoms with Gasteiger partial charge in [0.15, 0.2) is 16.5 Å². The molecule has 4 aliphatic carbocycles. The third-order valence-corrected chi connectivity index (χ3v) is 12.7. The number of anilines is 2. The van der Waals surface area contributed by atoms with E-state index >= 15 is 0 Å². The number of aromatic nitrogens is 5. The molecular weight excluding hydrogens is 696 g/mol. The quantitative estimate of drug-likeness (QED) is 0.141. The maximum Gasteiger partial charge on any atom is 0.355 e. The summed E-state index contributed by atoms with van der Waals surface area (Å²) >= 11 is 1.38. The molecule has 5 aromatic rings. The molecule has 1 aliphatic heterocycles. The first-order chi connectivity index (χ1) is 25.5. The number of carboxylic acids is 1. The van der Waals surface area contributed by atoms with Crippen molar-refractivity contribution in [3.05, 3.63) is 71.8 Å². The van der Waals surface area contributed by atoms with E-state index < -0.39 is 5.97 Å². The second-order valence-electron chi connectivity index (χ2n) is 15.7. The minimum absolute atomic E-state index is 0.0373. The van der Waals surface area contributed by atoms with Crippen LogP contribution in [0.3, 0.4) is 0 Å². The molecular formula is C39H43FN8O4S. The molecule has 53 heavy (non-hydrogen) atoms. The largest absolute Gasteiger partial charge is 0.476 e. The molecule has 14 heteroatoms. The normalized spacial score (nSPS) is 25.5. The van der Waals surface area contributed by atoms with Gasteiger partial charge < -0.3 is 5.11 Å². The van der Waals surface area contributed by atoms with Crippen LogP contribution in [0.1, 0.15) is 73.6 Å². The summed E-state index contributed by atoms with van der Waals surface area (Å²) in [6.07, 6.45) is 11.6. The lowest BCUT2D eigenvalue weighted by Crippen LogP contribution is -2.62. The molecule has 1 aromatic carbocycles. The van der Waals surface area contributed by atoms with E-state index in [4.69, 9.17) is 15.8 Å². The fourth-order valence-electron chi connectivity index (χ4n) is 10.5. The van der Waals surface area contributed by atoms with Gasteiger partial charge in [0.25, 0.3) is 0 Å². The zero-order valence-corrected chi connectivity index (χ0v) is 30.9. The highest BCUT2D eigenvalue weighted by atomic mass is 32.1. The summed E-state index contributed by atoms with van der Waals surface area (Å²) in [5.41, 5.74) is 5.80. The lowest BCUT2D eigenvalue weighted by molar-refractivity contribution is -0.224. The number of halogens is 1. The number of urea groups is 1. The molecule has 0 radical (unpaired) electrons. The summed E-state index contributed by atoms with van der Waals surface area (Å²) < 4.78 is 12.4. The van der Waals surface area contributed by atoms with Crippen LogP contribution in [-0.4, -0.2) is 61.2 Å². The number of aryl methyl sites for hydroxylation is 1. The van der Waals surface area contributed by atoms with Crippen molar-refractivity contribution in [2.24, 2.45) is 22.6 Å². The smallest absolute Gasteiger partial charge is 0.355 e. The van der Waals surface area contributed by atoms with Gasteiger partial charge in [-0.05, 0) is 111 Å².